The number of carbonyl (C=O) groups excluding carboxylic acids is 1. The van der Waals surface area contributed by atoms with Crippen LogP contribution in [0.25, 0.3) is 0 Å². The molecular formula is C24H41O2Sn. The minimum atomic E-state index is -0.839. The van der Waals surface area contributed by atoms with E-state index in [-0.39, 0.29) is 18.3 Å². The number of carbonyl (C=O) groups is 1. The predicted octanol–water partition coefficient (Wildman–Crippen LogP) is 6.94. The van der Waals surface area contributed by atoms with Gasteiger partial charge in [-0.1, -0.05) is 36.4 Å². The number of ketones is 1. The van der Waals surface area contributed by atoms with E-state index < -0.39 is 19.8 Å². The van der Waals surface area contributed by atoms with E-state index in [0.29, 0.717) is 12.0 Å². The van der Waals surface area contributed by atoms with Crippen molar-refractivity contribution in [2.45, 2.75) is 79.0 Å². The molecule has 1 rings (SSSR count). The third-order valence-corrected chi connectivity index (χ3v) is 13.8. The summed E-state index contributed by atoms with van der Waals surface area (Å²) >= 11 is -0.839. The summed E-state index contributed by atoms with van der Waals surface area (Å²) in [7, 11) is 0. The van der Waals surface area contributed by atoms with Crippen LogP contribution in [0.2, 0.25) is 13.3 Å². The van der Waals surface area contributed by atoms with Crippen molar-refractivity contribution < 1.29 is 9.90 Å². The molecule has 0 aliphatic heterocycles. The summed E-state index contributed by atoms with van der Waals surface area (Å²) in [5.74, 6) is -0.372. The number of aliphatic hydroxyl groups excluding tert-OH is 1. The van der Waals surface area contributed by atoms with Crippen LogP contribution in [0.15, 0.2) is 43.0 Å². The Kier molecular flexibility index (Phi) is 18.3. The van der Waals surface area contributed by atoms with Gasteiger partial charge in [-0.05, 0) is 6.42 Å². The van der Waals surface area contributed by atoms with E-state index in [1.54, 1.807) is 31.5 Å². The molecule has 0 aliphatic carbocycles. The average molecular weight is 480 g/mol. The summed E-state index contributed by atoms with van der Waals surface area (Å²) in [6.45, 7) is 10.4. The molecule has 0 saturated heterocycles. The van der Waals surface area contributed by atoms with Gasteiger partial charge in [0.15, 0.2) is 5.78 Å². The van der Waals surface area contributed by atoms with Gasteiger partial charge < -0.3 is 5.11 Å². The van der Waals surface area contributed by atoms with Crippen LogP contribution in [0.4, 0.5) is 0 Å². The summed E-state index contributed by atoms with van der Waals surface area (Å²) in [4.78, 5) is 11.8. The fourth-order valence-electron chi connectivity index (χ4n) is 2.96. The van der Waals surface area contributed by atoms with Gasteiger partial charge in [0.2, 0.25) is 0 Å². The third-order valence-electron chi connectivity index (χ3n) is 4.75. The number of Topliss-reactive ketones (excluding diaryl/α,β-unsaturated/α-hetero) is 1. The zero-order valence-corrected chi connectivity index (χ0v) is 20.7. The molecule has 1 aromatic carbocycles. The van der Waals surface area contributed by atoms with E-state index >= 15 is 0 Å². The van der Waals surface area contributed by atoms with Crippen LogP contribution in [0.5, 0.6) is 0 Å². The second-order valence-electron chi connectivity index (χ2n) is 7.19. The molecule has 3 heteroatoms. The minimum absolute atomic E-state index is 0.0204. The Morgan fingerprint density at radius 2 is 1.48 bits per heavy atom. The zero-order valence-electron chi connectivity index (χ0n) is 17.9. The van der Waals surface area contributed by atoms with Gasteiger partial charge in [0.05, 0.1) is 6.61 Å². The molecule has 2 nitrogen and oxygen atoms in total. The van der Waals surface area contributed by atoms with Gasteiger partial charge >= 0.3 is 92.4 Å². The average Bonchev–Trinajstić information content (AvgIpc) is 2.72. The van der Waals surface area contributed by atoms with Crippen molar-refractivity contribution in [2.24, 2.45) is 5.92 Å². The first-order valence-electron chi connectivity index (χ1n) is 10.8. The van der Waals surface area contributed by atoms with Crippen molar-refractivity contribution in [3.05, 3.63) is 48.6 Å². The summed E-state index contributed by atoms with van der Waals surface area (Å²) in [5.41, 5.74) is 0.647. The zero-order chi connectivity index (χ0) is 20.3. The summed E-state index contributed by atoms with van der Waals surface area (Å²) in [5, 5.41) is 9.02. The number of hydrogen-bond acceptors (Lipinski definition) is 2. The van der Waals surface area contributed by atoms with Gasteiger partial charge in [-0.25, -0.2) is 0 Å². The molecule has 0 spiro atoms. The van der Waals surface area contributed by atoms with Crippen LogP contribution in [-0.4, -0.2) is 37.3 Å². The first-order chi connectivity index (χ1) is 13.1. The van der Waals surface area contributed by atoms with E-state index in [1.165, 1.54) is 38.5 Å². The van der Waals surface area contributed by atoms with E-state index in [0.717, 1.165) is 0 Å². The predicted molar refractivity (Wildman–Crippen MR) is 121 cm³/mol. The van der Waals surface area contributed by atoms with Crippen molar-refractivity contribution in [1.29, 1.82) is 0 Å². The fourth-order valence-corrected chi connectivity index (χ4v) is 12.4. The van der Waals surface area contributed by atoms with Gasteiger partial charge in [0.25, 0.3) is 0 Å². The second kappa shape index (κ2) is 18.7. The third kappa shape index (κ3) is 13.2. The molecule has 153 valence electrons. The molecule has 0 aromatic heterocycles. The second-order valence-corrected chi connectivity index (χ2v) is 15.8. The SMILES string of the molecule is C=CCC(CO)C(=O)c1ccccc1.CCC[CH2][Sn]([CH2]CCC)[CH2]CCC. The Hall–Kier alpha value is -0.611. The molecule has 0 saturated carbocycles. The molecule has 0 bridgehead atoms. The van der Waals surface area contributed by atoms with E-state index in [4.69, 9.17) is 5.11 Å². The molecular weight excluding hydrogens is 439 g/mol. The molecule has 1 unspecified atom stereocenters. The molecule has 1 radical (unpaired) electrons. The normalized spacial score (nSPS) is 11.6. The number of allylic oxidation sites excluding steroid dienone is 1. The summed E-state index contributed by atoms with van der Waals surface area (Å²) in [6, 6.07) is 9.01. The Labute approximate surface area is 175 Å². The molecule has 0 amide bonds. The van der Waals surface area contributed by atoms with Crippen LogP contribution in [0, 0.1) is 5.92 Å². The van der Waals surface area contributed by atoms with Gasteiger partial charge in [0, 0.05) is 11.5 Å². The van der Waals surface area contributed by atoms with Crippen molar-refractivity contribution in [3.8, 4) is 0 Å². The van der Waals surface area contributed by atoms with Gasteiger partial charge in [0.1, 0.15) is 0 Å². The van der Waals surface area contributed by atoms with Crippen molar-refractivity contribution in [3.63, 3.8) is 0 Å². The standard InChI is InChI=1S/C12H14O2.3C4H9.Sn/c1-2-6-11(9-13)12(14)10-7-4-3-5-8-10;3*1-3-4-2;/h2-5,7-8,11,13H,1,6,9H2;3*1,3-4H2,2H3;. The van der Waals surface area contributed by atoms with Crippen LogP contribution < -0.4 is 0 Å². The summed E-state index contributed by atoms with van der Waals surface area (Å²) < 4.78 is 5.04. The molecule has 1 aromatic rings. The van der Waals surface area contributed by atoms with Crippen molar-refractivity contribution >= 4 is 25.5 Å². The Balaban J connectivity index is 0.000000503. The van der Waals surface area contributed by atoms with Crippen molar-refractivity contribution in [2.75, 3.05) is 6.61 Å². The maximum atomic E-state index is 11.8. The monoisotopic (exact) mass is 481 g/mol. The number of rotatable bonds is 14. The number of hydrogen-bond donors (Lipinski definition) is 1. The first-order valence-corrected chi connectivity index (χ1v) is 16.8. The van der Waals surface area contributed by atoms with Crippen LogP contribution in [-0.2, 0) is 0 Å². The topological polar surface area (TPSA) is 37.3 Å². The maximum absolute atomic E-state index is 11.8. The van der Waals surface area contributed by atoms with Crippen LogP contribution in [0.3, 0.4) is 0 Å². The molecule has 0 fully saturated rings. The molecule has 1 atom stereocenters. The molecule has 27 heavy (non-hydrogen) atoms. The molecule has 0 heterocycles. The first kappa shape index (κ1) is 26.4. The van der Waals surface area contributed by atoms with E-state index in [2.05, 4.69) is 27.4 Å². The Morgan fingerprint density at radius 1 is 1.00 bits per heavy atom. The molecule has 0 aliphatic rings. The van der Waals surface area contributed by atoms with Crippen molar-refractivity contribution in [1.82, 2.24) is 0 Å². The number of aliphatic hydroxyl groups is 1. The fraction of sp³-hybridized carbons (Fsp3) is 0.625. The Morgan fingerprint density at radius 3 is 1.85 bits per heavy atom. The molecule has 1 N–H and O–H groups in total. The number of unbranched alkanes of at least 4 members (excludes halogenated alkanes) is 3. The van der Waals surface area contributed by atoms with Gasteiger partial charge in [-0.2, -0.15) is 0 Å². The Bertz CT molecular complexity index is 454. The number of benzene rings is 1. The van der Waals surface area contributed by atoms with E-state index in [1.807, 2.05) is 18.2 Å². The van der Waals surface area contributed by atoms with Crippen LogP contribution >= 0.6 is 0 Å². The van der Waals surface area contributed by atoms with E-state index in [9.17, 15) is 4.79 Å². The van der Waals surface area contributed by atoms with Gasteiger partial charge in [-0.3, -0.25) is 4.79 Å². The van der Waals surface area contributed by atoms with Crippen LogP contribution in [0.1, 0.15) is 76.1 Å². The van der Waals surface area contributed by atoms with Gasteiger partial charge in [-0.15, -0.1) is 6.58 Å². The summed E-state index contributed by atoms with van der Waals surface area (Å²) in [6.07, 6.45) is 11.0. The quantitative estimate of drug-likeness (QED) is 0.178.